The van der Waals surface area contributed by atoms with Gasteiger partial charge in [-0.2, -0.15) is 0 Å². The molecule has 0 aliphatic heterocycles. The van der Waals surface area contributed by atoms with Crippen LogP contribution in [-0.2, 0) is 0 Å². The maximum atomic E-state index is 12.9. The molecule has 0 saturated heterocycles. The minimum Gasteiger partial charge on any atom is -0.490 e. The average molecular weight is 367 g/mol. The Bertz CT molecular complexity index is 1180. The van der Waals surface area contributed by atoms with E-state index in [4.69, 9.17) is 9.47 Å². The van der Waals surface area contributed by atoms with Crippen molar-refractivity contribution in [1.29, 1.82) is 0 Å². The number of ether oxygens (including phenoxy) is 2. The second kappa shape index (κ2) is 6.76. The summed E-state index contributed by atoms with van der Waals surface area (Å²) in [5, 5.41) is 0. The Morgan fingerprint density at radius 3 is 2.65 bits per heavy atom. The van der Waals surface area contributed by atoms with Crippen molar-refractivity contribution < 1.29 is 9.47 Å². The molecule has 0 N–H and O–H groups in total. The molecule has 7 heteroatoms. The van der Waals surface area contributed by atoms with Gasteiger partial charge in [0.1, 0.15) is 0 Å². The molecule has 0 fully saturated rings. The maximum absolute atomic E-state index is 12.9. The van der Waals surface area contributed by atoms with Crippen molar-refractivity contribution in [3.05, 3.63) is 57.1 Å². The summed E-state index contributed by atoms with van der Waals surface area (Å²) < 4.78 is 13.6. The lowest BCUT2D eigenvalue weighted by Crippen LogP contribution is -2.22. The summed E-state index contributed by atoms with van der Waals surface area (Å²) in [5.74, 6) is 1.26. The summed E-state index contributed by atoms with van der Waals surface area (Å²) in [7, 11) is 0. The lowest BCUT2D eigenvalue weighted by Gasteiger charge is -2.10. The van der Waals surface area contributed by atoms with Crippen LogP contribution in [0.1, 0.15) is 19.4 Å². The predicted molar refractivity (Wildman–Crippen MR) is 102 cm³/mol. The number of benzene rings is 1. The number of pyridine rings is 1. The normalized spacial score (nSPS) is 12.2. The first-order chi connectivity index (χ1) is 12.7. The molecular weight excluding hydrogens is 350 g/mol. The van der Waals surface area contributed by atoms with E-state index < -0.39 is 0 Å². The third kappa shape index (κ3) is 2.80. The molecule has 4 rings (SSSR count). The van der Waals surface area contributed by atoms with Gasteiger partial charge >= 0.3 is 0 Å². The molecule has 0 aliphatic carbocycles. The van der Waals surface area contributed by atoms with Gasteiger partial charge in [0, 0.05) is 24.5 Å². The molecule has 132 valence electrons. The highest BCUT2D eigenvalue weighted by Crippen LogP contribution is 2.32. The quantitative estimate of drug-likeness (QED) is 0.543. The van der Waals surface area contributed by atoms with Crippen molar-refractivity contribution in [3.63, 3.8) is 0 Å². The van der Waals surface area contributed by atoms with E-state index in [-0.39, 0.29) is 5.56 Å². The Morgan fingerprint density at radius 1 is 1.19 bits per heavy atom. The molecule has 0 spiro atoms. The largest absolute Gasteiger partial charge is 0.490 e. The van der Waals surface area contributed by atoms with E-state index in [9.17, 15) is 4.79 Å². The van der Waals surface area contributed by atoms with E-state index in [1.807, 2.05) is 44.2 Å². The van der Waals surface area contributed by atoms with Crippen LogP contribution in [0.25, 0.3) is 22.1 Å². The van der Waals surface area contributed by atoms with Crippen molar-refractivity contribution >= 4 is 33.4 Å². The highest BCUT2D eigenvalue weighted by atomic mass is 32.1. The monoisotopic (exact) mass is 367 g/mol. The van der Waals surface area contributed by atoms with Gasteiger partial charge < -0.3 is 9.47 Å². The molecule has 4 aromatic rings. The van der Waals surface area contributed by atoms with Crippen LogP contribution in [-0.4, -0.2) is 27.6 Å². The molecule has 0 amide bonds. The second-order valence-corrected chi connectivity index (χ2v) is 6.59. The van der Waals surface area contributed by atoms with Gasteiger partial charge in [-0.1, -0.05) is 17.4 Å². The molecular formula is C19H17N3O3S. The van der Waals surface area contributed by atoms with E-state index in [1.165, 1.54) is 11.3 Å². The molecule has 0 bridgehead atoms. The molecule has 3 aromatic heterocycles. The molecule has 0 aliphatic rings. The van der Waals surface area contributed by atoms with Gasteiger partial charge in [-0.25, -0.2) is 9.38 Å². The van der Waals surface area contributed by atoms with Crippen molar-refractivity contribution in [1.82, 2.24) is 14.4 Å². The fraction of sp³-hybridized carbons (Fsp3) is 0.211. The Balaban J connectivity index is 1.94. The third-order valence-corrected chi connectivity index (χ3v) is 4.85. The van der Waals surface area contributed by atoms with Gasteiger partial charge in [-0.15, -0.1) is 0 Å². The highest BCUT2D eigenvalue weighted by molar-refractivity contribution is 7.15. The van der Waals surface area contributed by atoms with Crippen molar-refractivity contribution in [2.45, 2.75) is 13.8 Å². The zero-order valence-electron chi connectivity index (χ0n) is 14.4. The second-order valence-electron chi connectivity index (χ2n) is 5.59. The fourth-order valence-corrected chi connectivity index (χ4v) is 3.81. The zero-order valence-corrected chi connectivity index (χ0v) is 15.2. The Hall–Kier alpha value is -2.93. The molecule has 26 heavy (non-hydrogen) atoms. The minimum atomic E-state index is -0.0945. The molecule has 6 nitrogen and oxygen atoms in total. The first-order valence-corrected chi connectivity index (χ1v) is 9.19. The summed E-state index contributed by atoms with van der Waals surface area (Å²) in [6.45, 7) is 4.88. The molecule has 0 atom stereocenters. The Kier molecular flexibility index (Phi) is 4.30. The standard InChI is InChI=1S/C19H17N3O3S/c1-3-24-15-9-13-14(10-16(15)25-4-2)22-18(23)17(26-19(22)21-13)8-12-6-5-7-20-11-12/h5-11H,3-4H2,1-2H3. The van der Waals surface area contributed by atoms with Crippen molar-refractivity contribution in [3.8, 4) is 11.5 Å². The number of fused-ring (bicyclic) bond motifs is 3. The number of hydrogen-bond donors (Lipinski definition) is 0. The highest BCUT2D eigenvalue weighted by Gasteiger charge is 2.15. The number of imidazole rings is 1. The van der Waals surface area contributed by atoms with Crippen LogP contribution in [0.2, 0.25) is 0 Å². The summed E-state index contributed by atoms with van der Waals surface area (Å²) in [5.41, 5.74) is 2.22. The molecule has 0 radical (unpaired) electrons. The summed E-state index contributed by atoms with van der Waals surface area (Å²) >= 11 is 1.36. The summed E-state index contributed by atoms with van der Waals surface area (Å²) in [6.07, 6.45) is 5.26. The lowest BCUT2D eigenvalue weighted by molar-refractivity contribution is 0.288. The van der Waals surface area contributed by atoms with Crippen LogP contribution >= 0.6 is 11.3 Å². The summed E-state index contributed by atoms with van der Waals surface area (Å²) in [6, 6.07) is 7.40. The lowest BCUT2D eigenvalue weighted by atomic mass is 10.2. The van der Waals surface area contributed by atoms with E-state index in [0.29, 0.717) is 39.7 Å². The SMILES string of the molecule is CCOc1cc2nc3sc(=Cc4cccnc4)c(=O)n3c2cc1OCC. The number of rotatable bonds is 5. The fourth-order valence-electron chi connectivity index (χ4n) is 2.82. The van der Waals surface area contributed by atoms with Gasteiger partial charge in [-0.3, -0.25) is 9.78 Å². The third-order valence-electron chi connectivity index (χ3n) is 3.89. The van der Waals surface area contributed by atoms with Crippen molar-refractivity contribution in [2.75, 3.05) is 13.2 Å². The maximum Gasteiger partial charge on any atom is 0.274 e. The van der Waals surface area contributed by atoms with Crippen molar-refractivity contribution in [2.24, 2.45) is 0 Å². The zero-order chi connectivity index (χ0) is 18.1. The molecule has 0 unspecified atom stereocenters. The van der Waals surface area contributed by atoms with E-state index >= 15 is 0 Å². The topological polar surface area (TPSA) is 65.7 Å². The van der Waals surface area contributed by atoms with Gasteiger partial charge in [0.2, 0.25) is 0 Å². The first-order valence-electron chi connectivity index (χ1n) is 8.37. The number of hydrogen-bond acceptors (Lipinski definition) is 6. The Morgan fingerprint density at radius 2 is 1.96 bits per heavy atom. The van der Waals surface area contributed by atoms with Crippen LogP contribution in [0.3, 0.4) is 0 Å². The van der Waals surface area contributed by atoms with E-state index in [0.717, 1.165) is 11.1 Å². The molecule has 3 heterocycles. The first kappa shape index (κ1) is 16.5. The minimum absolute atomic E-state index is 0.0945. The Labute approximate surface area is 153 Å². The van der Waals surface area contributed by atoms with Crippen LogP contribution in [0.15, 0.2) is 41.5 Å². The van der Waals surface area contributed by atoms with E-state index in [2.05, 4.69) is 9.97 Å². The predicted octanol–water partition coefficient (Wildman–Crippen LogP) is 2.65. The van der Waals surface area contributed by atoms with Gasteiger partial charge in [0.25, 0.3) is 5.56 Å². The van der Waals surface area contributed by atoms with E-state index in [1.54, 1.807) is 16.8 Å². The van der Waals surface area contributed by atoms with Gasteiger partial charge in [0.15, 0.2) is 16.5 Å². The number of thiazole rings is 1. The number of aromatic nitrogens is 3. The number of nitrogens with zero attached hydrogens (tertiary/aromatic N) is 3. The summed E-state index contributed by atoms with van der Waals surface area (Å²) in [4.78, 5) is 22.2. The molecule has 1 aromatic carbocycles. The van der Waals surface area contributed by atoms with Gasteiger partial charge in [-0.05, 0) is 31.6 Å². The van der Waals surface area contributed by atoms with Crippen LogP contribution in [0.4, 0.5) is 0 Å². The molecule has 0 saturated carbocycles. The van der Waals surface area contributed by atoms with Gasteiger partial charge in [0.05, 0.1) is 28.8 Å². The van der Waals surface area contributed by atoms with Crippen LogP contribution in [0.5, 0.6) is 11.5 Å². The van der Waals surface area contributed by atoms with Crippen LogP contribution in [0, 0.1) is 0 Å². The smallest absolute Gasteiger partial charge is 0.274 e. The average Bonchev–Trinajstić information content (AvgIpc) is 3.13. The van der Waals surface area contributed by atoms with Crippen LogP contribution < -0.4 is 19.6 Å².